The topological polar surface area (TPSA) is 62.5 Å². The maximum atomic E-state index is 5.79. The normalized spacial score (nSPS) is 13.6. The molecule has 0 aliphatic carbocycles. The smallest absolute Gasteiger partial charge is 0.213 e. The minimum Gasteiger partial charge on any atom is -0.443 e. The van der Waals surface area contributed by atoms with Crippen LogP contribution in [0.1, 0.15) is 56.4 Å². The second-order valence-electron chi connectivity index (χ2n) is 7.49. The molecule has 2 aromatic rings. The summed E-state index contributed by atoms with van der Waals surface area (Å²) < 4.78 is 5.79. The molecule has 0 radical (unpaired) electrons. The Balaban J connectivity index is 1.84. The number of aliphatic imine (C=N–C) groups is 1. The van der Waals surface area contributed by atoms with Gasteiger partial charge < -0.3 is 15.1 Å². The van der Waals surface area contributed by atoms with Gasteiger partial charge in [0.05, 0.1) is 12.7 Å². The van der Waals surface area contributed by atoms with Crippen LogP contribution in [0.3, 0.4) is 0 Å². The van der Waals surface area contributed by atoms with Crippen LogP contribution in [0.5, 0.6) is 0 Å². The Morgan fingerprint density at radius 1 is 1.20 bits per heavy atom. The monoisotopic (exact) mass is 342 g/mol. The largest absolute Gasteiger partial charge is 0.443 e. The molecule has 0 amide bonds. The molecule has 0 aliphatic rings. The van der Waals surface area contributed by atoms with Crippen molar-refractivity contribution in [2.24, 2.45) is 4.99 Å². The molecule has 5 nitrogen and oxygen atoms in total. The lowest BCUT2D eigenvalue weighted by Gasteiger charge is -2.16. The van der Waals surface area contributed by atoms with E-state index in [0.717, 1.165) is 18.3 Å². The van der Waals surface area contributed by atoms with Gasteiger partial charge in [0.2, 0.25) is 5.89 Å². The minimum absolute atomic E-state index is 0.0331. The van der Waals surface area contributed by atoms with Gasteiger partial charge >= 0.3 is 0 Å². The maximum absolute atomic E-state index is 5.79. The van der Waals surface area contributed by atoms with E-state index in [1.807, 2.05) is 0 Å². The first-order chi connectivity index (χ1) is 11.8. The van der Waals surface area contributed by atoms with Crippen LogP contribution in [0.4, 0.5) is 0 Å². The van der Waals surface area contributed by atoms with Gasteiger partial charge in [-0.2, -0.15) is 0 Å². The molecule has 1 heterocycles. The number of hydrogen-bond donors (Lipinski definition) is 2. The molecule has 2 rings (SSSR count). The van der Waals surface area contributed by atoms with Gasteiger partial charge in [0.15, 0.2) is 5.96 Å². The SMILES string of the molecule is CN=C(NCc1ncc(C(C)(C)C)o1)NCC(C)c1ccc(C)cc1. The van der Waals surface area contributed by atoms with Crippen LogP contribution >= 0.6 is 0 Å². The van der Waals surface area contributed by atoms with E-state index in [9.17, 15) is 0 Å². The second kappa shape index (κ2) is 8.19. The van der Waals surface area contributed by atoms with E-state index in [2.05, 4.69) is 79.5 Å². The molecule has 5 heteroatoms. The fourth-order valence-electron chi connectivity index (χ4n) is 2.38. The molecule has 1 aromatic heterocycles. The molecule has 1 aromatic carbocycles. The molecular formula is C20H30N4O. The van der Waals surface area contributed by atoms with Crippen molar-refractivity contribution in [1.29, 1.82) is 0 Å². The highest BCUT2D eigenvalue weighted by atomic mass is 16.4. The molecular weight excluding hydrogens is 312 g/mol. The van der Waals surface area contributed by atoms with E-state index in [-0.39, 0.29) is 5.41 Å². The third-order valence-electron chi connectivity index (χ3n) is 4.15. The van der Waals surface area contributed by atoms with Crippen molar-refractivity contribution in [2.45, 2.75) is 52.5 Å². The zero-order valence-electron chi connectivity index (χ0n) is 16.2. The van der Waals surface area contributed by atoms with E-state index in [1.165, 1.54) is 11.1 Å². The van der Waals surface area contributed by atoms with Crippen molar-refractivity contribution in [2.75, 3.05) is 13.6 Å². The third-order valence-corrected chi connectivity index (χ3v) is 4.15. The number of hydrogen-bond acceptors (Lipinski definition) is 3. The summed E-state index contributed by atoms with van der Waals surface area (Å²) in [5.74, 6) is 2.70. The summed E-state index contributed by atoms with van der Waals surface area (Å²) in [6.45, 7) is 11.9. The van der Waals surface area contributed by atoms with Crippen molar-refractivity contribution >= 4 is 5.96 Å². The molecule has 136 valence electrons. The Labute approximate surface area is 151 Å². The Kier molecular flexibility index (Phi) is 6.23. The van der Waals surface area contributed by atoms with Gasteiger partial charge in [-0.3, -0.25) is 4.99 Å². The van der Waals surface area contributed by atoms with Gasteiger partial charge in [0, 0.05) is 19.0 Å². The van der Waals surface area contributed by atoms with E-state index in [1.54, 1.807) is 13.2 Å². The number of nitrogens with one attached hydrogen (secondary N) is 2. The van der Waals surface area contributed by atoms with E-state index < -0.39 is 0 Å². The van der Waals surface area contributed by atoms with Crippen LogP contribution in [0.15, 0.2) is 39.9 Å². The highest BCUT2D eigenvalue weighted by Crippen LogP contribution is 2.22. The van der Waals surface area contributed by atoms with Crippen LogP contribution in [-0.2, 0) is 12.0 Å². The first-order valence-corrected chi connectivity index (χ1v) is 8.76. The van der Waals surface area contributed by atoms with Crippen LogP contribution < -0.4 is 10.6 Å². The molecule has 0 saturated carbocycles. The fourth-order valence-corrected chi connectivity index (χ4v) is 2.38. The van der Waals surface area contributed by atoms with Crippen molar-refractivity contribution in [3.63, 3.8) is 0 Å². The number of aryl methyl sites for hydroxylation is 1. The van der Waals surface area contributed by atoms with Gasteiger partial charge in [0.25, 0.3) is 0 Å². The summed E-state index contributed by atoms with van der Waals surface area (Å²) in [6.07, 6.45) is 1.80. The van der Waals surface area contributed by atoms with Crippen LogP contribution in [0, 0.1) is 6.92 Å². The predicted octanol–water partition coefficient (Wildman–Crippen LogP) is 3.75. The molecule has 2 N–H and O–H groups in total. The molecule has 0 spiro atoms. The molecule has 0 saturated heterocycles. The first kappa shape index (κ1) is 19.0. The molecule has 0 bridgehead atoms. The van der Waals surface area contributed by atoms with Crippen molar-refractivity contribution in [1.82, 2.24) is 15.6 Å². The highest BCUT2D eigenvalue weighted by Gasteiger charge is 2.19. The molecule has 0 aliphatic heterocycles. The number of oxazole rings is 1. The maximum Gasteiger partial charge on any atom is 0.213 e. The Bertz CT molecular complexity index is 695. The Hall–Kier alpha value is -2.30. The summed E-state index contributed by atoms with van der Waals surface area (Å²) in [4.78, 5) is 8.59. The standard InChI is InChI=1S/C20H30N4O/c1-14-7-9-16(10-8-14)15(2)11-23-19(21-6)24-13-18-22-12-17(25-18)20(3,4)5/h7-10,12,15H,11,13H2,1-6H3,(H2,21,23,24). The van der Waals surface area contributed by atoms with Gasteiger partial charge in [-0.1, -0.05) is 57.5 Å². The second-order valence-corrected chi connectivity index (χ2v) is 7.49. The Morgan fingerprint density at radius 3 is 2.44 bits per heavy atom. The van der Waals surface area contributed by atoms with Gasteiger partial charge in [-0.15, -0.1) is 0 Å². The molecule has 1 unspecified atom stereocenters. The molecule has 1 atom stereocenters. The van der Waals surface area contributed by atoms with Gasteiger partial charge in [0.1, 0.15) is 5.76 Å². The lowest BCUT2D eigenvalue weighted by atomic mass is 9.94. The average molecular weight is 342 g/mol. The zero-order chi connectivity index (χ0) is 18.4. The summed E-state index contributed by atoms with van der Waals surface area (Å²) >= 11 is 0. The summed E-state index contributed by atoms with van der Waals surface area (Å²) in [7, 11) is 1.77. The van der Waals surface area contributed by atoms with Crippen LogP contribution in [0.25, 0.3) is 0 Å². The average Bonchev–Trinajstić information content (AvgIpc) is 3.04. The van der Waals surface area contributed by atoms with Gasteiger partial charge in [-0.25, -0.2) is 4.98 Å². The lowest BCUT2D eigenvalue weighted by molar-refractivity contribution is 0.379. The van der Waals surface area contributed by atoms with Crippen molar-refractivity contribution in [3.8, 4) is 0 Å². The number of rotatable bonds is 5. The first-order valence-electron chi connectivity index (χ1n) is 8.76. The predicted molar refractivity (Wildman–Crippen MR) is 103 cm³/mol. The van der Waals surface area contributed by atoms with Crippen LogP contribution in [-0.4, -0.2) is 24.5 Å². The fraction of sp³-hybridized carbons (Fsp3) is 0.500. The zero-order valence-corrected chi connectivity index (χ0v) is 16.2. The summed E-state index contributed by atoms with van der Waals surface area (Å²) in [5, 5.41) is 6.61. The Morgan fingerprint density at radius 2 is 1.88 bits per heavy atom. The number of benzene rings is 1. The number of nitrogens with zero attached hydrogens (tertiary/aromatic N) is 2. The summed E-state index contributed by atoms with van der Waals surface area (Å²) in [5.41, 5.74) is 2.56. The molecule has 25 heavy (non-hydrogen) atoms. The van der Waals surface area contributed by atoms with Crippen LogP contribution in [0.2, 0.25) is 0 Å². The quantitative estimate of drug-likeness (QED) is 0.642. The highest BCUT2D eigenvalue weighted by molar-refractivity contribution is 5.79. The minimum atomic E-state index is -0.0331. The van der Waals surface area contributed by atoms with E-state index in [0.29, 0.717) is 18.4 Å². The van der Waals surface area contributed by atoms with E-state index >= 15 is 0 Å². The summed E-state index contributed by atoms with van der Waals surface area (Å²) in [6, 6.07) is 8.65. The van der Waals surface area contributed by atoms with Crippen molar-refractivity contribution in [3.05, 3.63) is 53.2 Å². The number of guanidine groups is 1. The lowest BCUT2D eigenvalue weighted by Crippen LogP contribution is -2.38. The van der Waals surface area contributed by atoms with E-state index in [4.69, 9.17) is 4.42 Å². The van der Waals surface area contributed by atoms with Gasteiger partial charge in [-0.05, 0) is 18.4 Å². The third kappa shape index (κ3) is 5.62. The van der Waals surface area contributed by atoms with Crippen molar-refractivity contribution < 1.29 is 4.42 Å². The number of aromatic nitrogens is 1. The molecule has 0 fully saturated rings.